The van der Waals surface area contributed by atoms with Gasteiger partial charge in [0, 0.05) is 36.9 Å². The molecular weight excluding hydrogens is 382 g/mol. The van der Waals surface area contributed by atoms with Gasteiger partial charge in [0.15, 0.2) is 5.65 Å². The smallest absolute Gasteiger partial charge is 0.213 e. The Hall–Kier alpha value is -2.09. The Morgan fingerprint density at radius 2 is 2.10 bits per heavy atom. The molecule has 0 radical (unpaired) electrons. The molecule has 0 bridgehead atoms. The average Bonchev–Trinajstić information content (AvgIpc) is 3.10. The minimum absolute atomic E-state index is 0.286. The lowest BCUT2D eigenvalue weighted by atomic mass is 10.0. The molecule has 0 aliphatic carbocycles. The Kier molecular flexibility index (Phi) is 6.08. The lowest BCUT2D eigenvalue weighted by molar-refractivity contribution is 0.143. The number of hydrogen-bond acceptors (Lipinski definition) is 7. The van der Waals surface area contributed by atoms with Crippen molar-refractivity contribution in [1.82, 2.24) is 25.2 Å². The van der Waals surface area contributed by atoms with Crippen LogP contribution in [0, 0.1) is 13.8 Å². The van der Waals surface area contributed by atoms with E-state index >= 15 is 0 Å². The summed E-state index contributed by atoms with van der Waals surface area (Å²) in [6.07, 6.45) is 2.39. The van der Waals surface area contributed by atoms with Crippen LogP contribution in [0.1, 0.15) is 47.8 Å². The van der Waals surface area contributed by atoms with E-state index in [2.05, 4.69) is 45.3 Å². The van der Waals surface area contributed by atoms with Gasteiger partial charge < -0.3 is 10.1 Å². The van der Waals surface area contributed by atoms with Gasteiger partial charge in [0.05, 0.1) is 22.5 Å². The summed E-state index contributed by atoms with van der Waals surface area (Å²) in [7, 11) is 1.66. The molecule has 7 heteroatoms. The summed E-state index contributed by atoms with van der Waals surface area (Å²) in [4.78, 5) is 16.3. The molecule has 3 aromatic rings. The van der Waals surface area contributed by atoms with Crippen molar-refractivity contribution in [3.63, 3.8) is 0 Å². The number of thiazole rings is 1. The predicted octanol–water partition coefficient (Wildman–Crippen LogP) is 4.03. The van der Waals surface area contributed by atoms with Crippen LogP contribution in [0.25, 0.3) is 10.3 Å². The highest BCUT2D eigenvalue weighted by molar-refractivity contribution is 7.18. The van der Waals surface area contributed by atoms with Crippen molar-refractivity contribution in [3.05, 3.63) is 46.2 Å². The number of ether oxygens (including phenoxy) is 1. The first-order chi connectivity index (χ1) is 14.0. The van der Waals surface area contributed by atoms with Crippen LogP contribution in [0.5, 0.6) is 5.88 Å². The van der Waals surface area contributed by atoms with Gasteiger partial charge in [-0.1, -0.05) is 0 Å². The van der Waals surface area contributed by atoms with Crippen molar-refractivity contribution in [2.24, 2.45) is 0 Å². The molecule has 1 aliphatic rings. The number of hydrogen-bond donors (Lipinski definition) is 1. The standard InChI is InChI=1S/C22H29N5OS/c1-14-10-17(11-21(24-14)28-4)12-23-18-6-5-9-27(13-18)15(2)19-7-8-20-22(26-19)25-16(3)29-20/h7-8,10-11,15,18,23H,5-6,9,12-13H2,1-4H3. The van der Waals surface area contributed by atoms with Crippen LogP contribution < -0.4 is 10.1 Å². The first-order valence-electron chi connectivity index (χ1n) is 10.2. The zero-order valence-corrected chi connectivity index (χ0v) is 18.4. The Morgan fingerprint density at radius 1 is 1.24 bits per heavy atom. The van der Waals surface area contributed by atoms with Crippen LogP contribution in [0.4, 0.5) is 0 Å². The number of fused-ring (bicyclic) bond motifs is 1. The molecular formula is C22H29N5OS. The quantitative estimate of drug-likeness (QED) is 0.661. The van der Waals surface area contributed by atoms with E-state index < -0.39 is 0 Å². The molecule has 0 aromatic carbocycles. The summed E-state index contributed by atoms with van der Waals surface area (Å²) in [5.41, 5.74) is 4.19. The van der Waals surface area contributed by atoms with E-state index in [9.17, 15) is 0 Å². The molecule has 1 fully saturated rings. The van der Waals surface area contributed by atoms with E-state index in [4.69, 9.17) is 9.72 Å². The summed E-state index contributed by atoms with van der Waals surface area (Å²) in [6.45, 7) is 9.26. The first-order valence-corrected chi connectivity index (χ1v) is 11.1. The van der Waals surface area contributed by atoms with Gasteiger partial charge in [-0.05, 0) is 63.9 Å². The fourth-order valence-corrected chi connectivity index (χ4v) is 4.83. The lowest BCUT2D eigenvalue weighted by Crippen LogP contribution is -2.46. The summed E-state index contributed by atoms with van der Waals surface area (Å²) in [5, 5.41) is 4.80. The van der Waals surface area contributed by atoms with Crippen molar-refractivity contribution < 1.29 is 4.74 Å². The monoisotopic (exact) mass is 411 g/mol. The molecule has 3 aromatic heterocycles. The van der Waals surface area contributed by atoms with E-state index in [0.717, 1.165) is 41.7 Å². The van der Waals surface area contributed by atoms with Crippen LogP contribution >= 0.6 is 11.3 Å². The minimum atomic E-state index is 0.286. The zero-order chi connectivity index (χ0) is 20.4. The topological polar surface area (TPSA) is 63.2 Å². The van der Waals surface area contributed by atoms with E-state index in [1.807, 2.05) is 19.9 Å². The first kappa shape index (κ1) is 20.2. The molecule has 4 rings (SSSR count). The molecule has 0 spiro atoms. The number of methoxy groups -OCH3 is 1. The molecule has 0 amide bonds. The molecule has 2 atom stereocenters. The van der Waals surface area contributed by atoms with Gasteiger partial charge in [-0.3, -0.25) is 4.90 Å². The number of nitrogens with one attached hydrogen (secondary N) is 1. The molecule has 154 valence electrons. The summed E-state index contributed by atoms with van der Waals surface area (Å²) >= 11 is 1.71. The maximum Gasteiger partial charge on any atom is 0.213 e. The van der Waals surface area contributed by atoms with E-state index in [0.29, 0.717) is 11.9 Å². The van der Waals surface area contributed by atoms with E-state index in [1.165, 1.54) is 23.1 Å². The SMILES string of the molecule is COc1cc(CNC2CCCN(C(C)c3ccc4sc(C)nc4n3)C2)cc(C)n1. The van der Waals surface area contributed by atoms with Gasteiger partial charge in [0.1, 0.15) is 0 Å². The van der Waals surface area contributed by atoms with E-state index in [1.54, 1.807) is 18.4 Å². The van der Waals surface area contributed by atoms with E-state index in [-0.39, 0.29) is 6.04 Å². The fourth-order valence-electron chi connectivity index (χ4n) is 4.06. The van der Waals surface area contributed by atoms with Crippen molar-refractivity contribution in [2.75, 3.05) is 20.2 Å². The molecule has 1 saturated heterocycles. The van der Waals surface area contributed by atoms with Gasteiger partial charge in [-0.2, -0.15) is 0 Å². The Morgan fingerprint density at radius 3 is 2.93 bits per heavy atom. The molecule has 6 nitrogen and oxygen atoms in total. The van der Waals surface area contributed by atoms with Crippen LogP contribution in [0.2, 0.25) is 0 Å². The van der Waals surface area contributed by atoms with Crippen molar-refractivity contribution >= 4 is 21.7 Å². The summed E-state index contributed by atoms with van der Waals surface area (Å²) in [6, 6.07) is 9.21. The second kappa shape index (κ2) is 8.73. The number of aryl methyl sites for hydroxylation is 2. The highest BCUT2D eigenvalue weighted by Crippen LogP contribution is 2.27. The van der Waals surface area contributed by atoms with Crippen molar-refractivity contribution in [3.8, 4) is 5.88 Å². The second-order valence-corrected chi connectivity index (χ2v) is 9.08. The number of likely N-dealkylation sites (tertiary alicyclic amines) is 1. The molecule has 29 heavy (non-hydrogen) atoms. The number of aromatic nitrogens is 3. The van der Waals surface area contributed by atoms with Gasteiger partial charge in [0.2, 0.25) is 5.88 Å². The lowest BCUT2D eigenvalue weighted by Gasteiger charge is -2.37. The maximum atomic E-state index is 5.30. The van der Waals surface area contributed by atoms with Crippen LogP contribution in [0.15, 0.2) is 24.3 Å². The molecule has 1 aliphatic heterocycles. The largest absolute Gasteiger partial charge is 0.481 e. The van der Waals surface area contributed by atoms with Gasteiger partial charge in [-0.25, -0.2) is 15.0 Å². The number of nitrogens with zero attached hydrogens (tertiary/aromatic N) is 4. The number of piperidine rings is 1. The summed E-state index contributed by atoms with van der Waals surface area (Å²) < 4.78 is 6.46. The Balaban J connectivity index is 1.40. The minimum Gasteiger partial charge on any atom is -0.481 e. The normalized spacial score (nSPS) is 18.8. The van der Waals surface area contributed by atoms with Crippen LogP contribution in [-0.4, -0.2) is 46.1 Å². The Labute approximate surface area is 176 Å². The highest BCUT2D eigenvalue weighted by Gasteiger charge is 2.25. The summed E-state index contributed by atoms with van der Waals surface area (Å²) in [5.74, 6) is 0.680. The third-order valence-corrected chi connectivity index (χ3v) is 6.53. The Bertz CT molecular complexity index is 988. The average molecular weight is 412 g/mol. The third kappa shape index (κ3) is 4.74. The maximum absolute atomic E-state index is 5.30. The highest BCUT2D eigenvalue weighted by atomic mass is 32.1. The van der Waals surface area contributed by atoms with Gasteiger partial charge >= 0.3 is 0 Å². The van der Waals surface area contributed by atoms with Crippen molar-refractivity contribution in [1.29, 1.82) is 0 Å². The molecule has 0 saturated carbocycles. The van der Waals surface area contributed by atoms with Crippen LogP contribution in [0.3, 0.4) is 0 Å². The second-order valence-electron chi connectivity index (χ2n) is 7.84. The zero-order valence-electron chi connectivity index (χ0n) is 17.6. The van der Waals surface area contributed by atoms with Gasteiger partial charge in [-0.15, -0.1) is 11.3 Å². The number of pyridine rings is 2. The number of rotatable bonds is 6. The van der Waals surface area contributed by atoms with Gasteiger partial charge in [0.25, 0.3) is 0 Å². The predicted molar refractivity (Wildman–Crippen MR) is 118 cm³/mol. The van der Waals surface area contributed by atoms with Crippen LogP contribution in [-0.2, 0) is 6.54 Å². The fraction of sp³-hybridized carbons (Fsp3) is 0.500. The molecule has 2 unspecified atom stereocenters. The molecule has 4 heterocycles. The molecule has 1 N–H and O–H groups in total. The van der Waals surface area contributed by atoms with Crippen molar-refractivity contribution in [2.45, 2.75) is 52.2 Å². The third-order valence-electron chi connectivity index (χ3n) is 5.60.